The molecular formula is C24H21ClN4O5S. The lowest BCUT2D eigenvalue weighted by molar-refractivity contribution is -0.116. The zero-order valence-electron chi connectivity index (χ0n) is 18.6. The predicted molar refractivity (Wildman–Crippen MR) is 133 cm³/mol. The predicted octanol–water partition coefficient (Wildman–Crippen LogP) is 5.43. The van der Waals surface area contributed by atoms with Gasteiger partial charge in [0, 0.05) is 10.4 Å². The summed E-state index contributed by atoms with van der Waals surface area (Å²) in [7, 11) is -4.15. The number of anilines is 1. The summed E-state index contributed by atoms with van der Waals surface area (Å²) in [6, 6.07) is 18.9. The number of hydrogen-bond acceptors (Lipinski definition) is 6. The van der Waals surface area contributed by atoms with Crippen LogP contribution in [0.2, 0.25) is 5.02 Å². The Kier molecular flexibility index (Phi) is 7.04. The third-order valence-electron chi connectivity index (χ3n) is 5.04. The standard InChI is InChI=1S/C24H21ClN4O5S/c1-2-34-18-11-9-17(10-12-18)29(35(32,33)19-13-7-16(25)8-14-19)15-22(30)27-28-23-20-5-3-4-6-21(20)26-24(23)31/h3-14,26,31H,2,15H2,1H3. The van der Waals surface area contributed by atoms with E-state index in [4.69, 9.17) is 16.3 Å². The molecule has 0 atom stereocenters. The highest BCUT2D eigenvalue weighted by Crippen LogP contribution is 2.35. The summed E-state index contributed by atoms with van der Waals surface area (Å²) < 4.78 is 33.2. The fraction of sp³-hybridized carbons (Fsp3) is 0.125. The Morgan fingerprint density at radius 1 is 1.06 bits per heavy atom. The van der Waals surface area contributed by atoms with Gasteiger partial charge in [-0.05, 0) is 61.5 Å². The zero-order valence-corrected chi connectivity index (χ0v) is 20.1. The average Bonchev–Trinajstić information content (AvgIpc) is 3.17. The van der Waals surface area contributed by atoms with Gasteiger partial charge in [0.05, 0.1) is 22.7 Å². The van der Waals surface area contributed by atoms with Crippen LogP contribution in [0.5, 0.6) is 11.6 Å². The fourth-order valence-electron chi connectivity index (χ4n) is 3.40. The maximum atomic E-state index is 13.4. The number of benzene rings is 3. The Morgan fingerprint density at radius 2 is 1.74 bits per heavy atom. The molecule has 0 aliphatic heterocycles. The van der Waals surface area contributed by atoms with Gasteiger partial charge in [0.25, 0.3) is 15.9 Å². The fourth-order valence-corrected chi connectivity index (χ4v) is 4.94. The van der Waals surface area contributed by atoms with Crippen molar-refractivity contribution in [3.8, 4) is 11.6 Å². The maximum absolute atomic E-state index is 13.4. The highest BCUT2D eigenvalue weighted by molar-refractivity contribution is 7.92. The van der Waals surface area contributed by atoms with Crippen molar-refractivity contribution in [3.63, 3.8) is 0 Å². The van der Waals surface area contributed by atoms with Crippen molar-refractivity contribution < 1.29 is 23.1 Å². The van der Waals surface area contributed by atoms with E-state index in [1.54, 1.807) is 36.4 Å². The van der Waals surface area contributed by atoms with Gasteiger partial charge in [0.2, 0.25) is 5.88 Å². The lowest BCUT2D eigenvalue weighted by Crippen LogP contribution is -2.35. The van der Waals surface area contributed by atoms with Crippen LogP contribution >= 0.6 is 11.6 Å². The number of nitrogens with zero attached hydrogens (tertiary/aromatic N) is 3. The van der Waals surface area contributed by atoms with Gasteiger partial charge in [-0.15, -0.1) is 10.2 Å². The van der Waals surface area contributed by atoms with Crippen molar-refractivity contribution in [2.24, 2.45) is 10.2 Å². The van der Waals surface area contributed by atoms with E-state index in [2.05, 4.69) is 15.2 Å². The molecule has 1 aromatic heterocycles. The number of fused-ring (bicyclic) bond motifs is 1. The van der Waals surface area contributed by atoms with Crippen LogP contribution in [0.1, 0.15) is 6.92 Å². The summed E-state index contributed by atoms with van der Waals surface area (Å²) in [5.74, 6) is -0.526. The van der Waals surface area contributed by atoms with Crippen LogP contribution in [-0.4, -0.2) is 37.6 Å². The van der Waals surface area contributed by atoms with Crippen molar-refractivity contribution in [1.82, 2.24) is 4.98 Å². The van der Waals surface area contributed by atoms with Crippen LogP contribution in [0.4, 0.5) is 11.4 Å². The number of aromatic amines is 1. The molecule has 9 nitrogen and oxygen atoms in total. The SMILES string of the molecule is CCOc1ccc(N(CC(=O)N=Nc2c(O)[nH]c3ccccc23)S(=O)(=O)c2ccc(Cl)cc2)cc1. The normalized spacial score (nSPS) is 11.7. The number of nitrogens with one attached hydrogen (secondary N) is 1. The minimum absolute atomic E-state index is 0.0465. The van der Waals surface area contributed by atoms with E-state index in [9.17, 15) is 18.3 Å². The molecule has 0 fully saturated rings. The van der Waals surface area contributed by atoms with Crippen LogP contribution in [0.15, 0.2) is 87.9 Å². The first-order valence-electron chi connectivity index (χ1n) is 10.5. The second kappa shape index (κ2) is 10.2. The van der Waals surface area contributed by atoms with Crippen LogP contribution in [0, 0.1) is 0 Å². The molecule has 11 heteroatoms. The molecule has 3 aromatic carbocycles. The minimum atomic E-state index is -4.15. The molecule has 4 aromatic rings. The Balaban J connectivity index is 1.66. The van der Waals surface area contributed by atoms with Crippen molar-refractivity contribution in [2.45, 2.75) is 11.8 Å². The number of rotatable bonds is 8. The minimum Gasteiger partial charge on any atom is -0.494 e. The van der Waals surface area contributed by atoms with Gasteiger partial charge in [-0.2, -0.15) is 0 Å². The first kappa shape index (κ1) is 24.2. The summed E-state index contributed by atoms with van der Waals surface area (Å²) in [5, 5.41) is 18.6. The van der Waals surface area contributed by atoms with Gasteiger partial charge < -0.3 is 14.8 Å². The van der Waals surface area contributed by atoms with E-state index < -0.39 is 22.5 Å². The number of para-hydroxylation sites is 1. The van der Waals surface area contributed by atoms with Gasteiger partial charge in [0.15, 0.2) is 5.69 Å². The molecule has 0 unspecified atom stereocenters. The highest BCUT2D eigenvalue weighted by Gasteiger charge is 2.27. The summed E-state index contributed by atoms with van der Waals surface area (Å²) >= 11 is 5.91. The number of aromatic nitrogens is 1. The van der Waals surface area contributed by atoms with Gasteiger partial charge in [0.1, 0.15) is 12.3 Å². The molecule has 0 radical (unpaired) electrons. The number of sulfonamides is 1. The quantitative estimate of drug-likeness (QED) is 0.304. The van der Waals surface area contributed by atoms with Crippen molar-refractivity contribution >= 4 is 49.8 Å². The zero-order chi connectivity index (χ0) is 25.0. The molecule has 2 N–H and O–H groups in total. The number of halogens is 1. The van der Waals surface area contributed by atoms with E-state index in [1.165, 1.54) is 36.4 Å². The second-order valence-electron chi connectivity index (χ2n) is 7.35. The van der Waals surface area contributed by atoms with Crippen molar-refractivity contribution in [3.05, 3.63) is 77.8 Å². The summed E-state index contributed by atoms with van der Waals surface area (Å²) in [4.78, 5) is 15.5. The van der Waals surface area contributed by atoms with Crippen molar-refractivity contribution in [1.29, 1.82) is 0 Å². The van der Waals surface area contributed by atoms with Gasteiger partial charge in [-0.3, -0.25) is 9.10 Å². The number of azo groups is 1. The van der Waals surface area contributed by atoms with Crippen LogP contribution in [0.25, 0.3) is 10.9 Å². The third kappa shape index (κ3) is 5.28. The van der Waals surface area contributed by atoms with Crippen LogP contribution in [-0.2, 0) is 14.8 Å². The van der Waals surface area contributed by atoms with Crippen LogP contribution < -0.4 is 9.04 Å². The monoisotopic (exact) mass is 512 g/mol. The maximum Gasteiger partial charge on any atom is 0.285 e. The van der Waals surface area contributed by atoms with E-state index in [-0.39, 0.29) is 22.2 Å². The lowest BCUT2D eigenvalue weighted by Gasteiger charge is -2.23. The Bertz CT molecular complexity index is 1480. The summed E-state index contributed by atoms with van der Waals surface area (Å²) in [6.07, 6.45) is 0. The topological polar surface area (TPSA) is 124 Å². The average molecular weight is 513 g/mol. The second-order valence-corrected chi connectivity index (χ2v) is 9.65. The van der Waals surface area contributed by atoms with Crippen molar-refractivity contribution in [2.75, 3.05) is 17.5 Å². The van der Waals surface area contributed by atoms with Gasteiger partial charge in [-0.1, -0.05) is 29.8 Å². The lowest BCUT2D eigenvalue weighted by atomic mass is 10.2. The van der Waals surface area contributed by atoms with E-state index >= 15 is 0 Å². The van der Waals surface area contributed by atoms with E-state index in [0.717, 1.165) is 4.31 Å². The first-order valence-corrected chi connectivity index (χ1v) is 12.4. The molecule has 35 heavy (non-hydrogen) atoms. The number of aromatic hydroxyl groups is 1. The van der Waals surface area contributed by atoms with Gasteiger partial charge in [-0.25, -0.2) is 8.42 Å². The number of ether oxygens (including phenoxy) is 1. The highest BCUT2D eigenvalue weighted by atomic mass is 35.5. The molecule has 0 saturated heterocycles. The molecule has 0 bridgehead atoms. The molecule has 180 valence electrons. The first-order chi connectivity index (χ1) is 16.8. The molecule has 1 heterocycles. The molecule has 4 rings (SSSR count). The number of carbonyl (C=O) groups is 1. The summed E-state index contributed by atoms with van der Waals surface area (Å²) in [5.41, 5.74) is 0.941. The molecule has 1 amide bonds. The molecule has 0 aliphatic carbocycles. The van der Waals surface area contributed by atoms with Crippen LogP contribution in [0.3, 0.4) is 0 Å². The molecule has 0 aliphatic rings. The number of H-pyrrole nitrogens is 1. The Hall–Kier alpha value is -3.89. The largest absolute Gasteiger partial charge is 0.494 e. The molecule has 0 saturated carbocycles. The third-order valence-corrected chi connectivity index (χ3v) is 7.08. The number of amides is 1. The number of hydrogen-bond donors (Lipinski definition) is 2. The Morgan fingerprint density at radius 3 is 2.43 bits per heavy atom. The van der Waals surface area contributed by atoms with Gasteiger partial charge >= 0.3 is 0 Å². The number of carbonyl (C=O) groups excluding carboxylic acids is 1. The smallest absolute Gasteiger partial charge is 0.285 e. The summed E-state index contributed by atoms with van der Waals surface area (Å²) in [6.45, 7) is 1.66. The molecular weight excluding hydrogens is 492 g/mol. The Labute approximate surface area is 206 Å². The van der Waals surface area contributed by atoms with E-state index in [0.29, 0.717) is 28.3 Å². The van der Waals surface area contributed by atoms with E-state index in [1.807, 2.05) is 6.92 Å². The molecule has 0 spiro atoms.